The van der Waals surface area contributed by atoms with Gasteiger partial charge >= 0.3 is 6.18 Å². The van der Waals surface area contributed by atoms with Crippen LogP contribution in [0.1, 0.15) is 55.4 Å². The predicted octanol–water partition coefficient (Wildman–Crippen LogP) is 5.31. The zero-order valence-electron chi connectivity index (χ0n) is 17.5. The molecule has 1 aliphatic carbocycles. The van der Waals surface area contributed by atoms with Crippen molar-refractivity contribution in [2.45, 2.75) is 57.5 Å². The number of amides is 1. The lowest BCUT2D eigenvalue weighted by atomic mass is 9.71. The first-order valence-corrected chi connectivity index (χ1v) is 10.2. The van der Waals surface area contributed by atoms with Crippen molar-refractivity contribution in [3.63, 3.8) is 0 Å². The largest absolute Gasteiger partial charge is 0.416 e. The Kier molecular flexibility index (Phi) is 6.71. The monoisotopic (exact) mass is 430 g/mol. The summed E-state index contributed by atoms with van der Waals surface area (Å²) >= 11 is 0. The first-order chi connectivity index (χ1) is 14.6. The maximum atomic E-state index is 13.1. The summed E-state index contributed by atoms with van der Waals surface area (Å²) in [4.78, 5) is 13.1. The highest BCUT2D eigenvalue weighted by molar-refractivity contribution is 5.82. The quantitative estimate of drug-likeness (QED) is 0.647. The molecule has 1 amide bonds. The lowest BCUT2D eigenvalue weighted by molar-refractivity contribution is -0.140. The summed E-state index contributed by atoms with van der Waals surface area (Å²) in [7, 11) is 0. The number of nitriles is 1. The van der Waals surface area contributed by atoms with Crippen molar-refractivity contribution in [3.8, 4) is 6.07 Å². The Morgan fingerprint density at radius 1 is 1.13 bits per heavy atom. The lowest BCUT2D eigenvalue weighted by Crippen LogP contribution is -2.54. The van der Waals surface area contributed by atoms with Crippen LogP contribution in [0.2, 0.25) is 0 Å². The molecular formula is C24H25F3N2O2. The molecule has 4 nitrogen and oxygen atoms in total. The molecule has 164 valence electrons. The van der Waals surface area contributed by atoms with Crippen LogP contribution in [0.5, 0.6) is 0 Å². The Balaban J connectivity index is 1.68. The van der Waals surface area contributed by atoms with Crippen molar-refractivity contribution in [2.75, 3.05) is 0 Å². The molecule has 0 aromatic heterocycles. The second-order valence-corrected chi connectivity index (χ2v) is 8.28. The third kappa shape index (κ3) is 5.26. The molecule has 2 aromatic rings. The van der Waals surface area contributed by atoms with Crippen molar-refractivity contribution in [1.82, 2.24) is 5.32 Å². The molecule has 0 spiro atoms. The highest BCUT2D eigenvalue weighted by Gasteiger charge is 2.41. The maximum Gasteiger partial charge on any atom is 0.416 e. The van der Waals surface area contributed by atoms with Crippen LogP contribution >= 0.6 is 0 Å². The highest BCUT2D eigenvalue weighted by atomic mass is 19.4. The average molecular weight is 430 g/mol. The number of carbonyl (C=O) groups excluding carboxylic acids is 1. The van der Waals surface area contributed by atoms with E-state index in [1.165, 1.54) is 12.1 Å². The van der Waals surface area contributed by atoms with Crippen molar-refractivity contribution in [2.24, 2.45) is 5.92 Å². The molecule has 1 aliphatic rings. The van der Waals surface area contributed by atoms with Crippen molar-refractivity contribution >= 4 is 5.91 Å². The molecule has 0 heterocycles. The van der Waals surface area contributed by atoms with Gasteiger partial charge < -0.3 is 10.1 Å². The number of hydrogen-bond donors (Lipinski definition) is 1. The van der Waals surface area contributed by atoms with Crippen molar-refractivity contribution in [1.29, 1.82) is 5.26 Å². The molecule has 0 bridgehead atoms. The lowest BCUT2D eigenvalue weighted by Gasteiger charge is -2.44. The van der Waals surface area contributed by atoms with Crippen LogP contribution in [0.15, 0.2) is 48.5 Å². The minimum Gasteiger partial charge on any atom is -0.363 e. The minimum absolute atomic E-state index is 0.0400. The summed E-state index contributed by atoms with van der Waals surface area (Å²) in [6, 6.07) is 14.0. The Morgan fingerprint density at radius 3 is 2.19 bits per heavy atom. The van der Waals surface area contributed by atoms with Crippen LogP contribution < -0.4 is 5.32 Å². The predicted molar refractivity (Wildman–Crippen MR) is 110 cm³/mol. The summed E-state index contributed by atoms with van der Waals surface area (Å²) in [6.45, 7) is 3.77. The van der Waals surface area contributed by atoms with E-state index in [9.17, 15) is 18.0 Å². The van der Waals surface area contributed by atoms with Gasteiger partial charge in [0.2, 0.25) is 5.91 Å². The molecule has 0 unspecified atom stereocenters. The number of nitrogens with zero attached hydrogens (tertiary/aromatic N) is 1. The van der Waals surface area contributed by atoms with Gasteiger partial charge in [-0.15, -0.1) is 0 Å². The van der Waals surface area contributed by atoms with Crippen molar-refractivity contribution < 1.29 is 22.7 Å². The molecule has 7 heteroatoms. The average Bonchev–Trinajstić information content (AvgIpc) is 2.70. The Bertz CT molecular complexity index is 941. The van der Waals surface area contributed by atoms with E-state index in [-0.39, 0.29) is 18.4 Å². The van der Waals surface area contributed by atoms with Gasteiger partial charge in [-0.1, -0.05) is 38.1 Å². The van der Waals surface area contributed by atoms with E-state index in [1.807, 2.05) is 26.0 Å². The summed E-state index contributed by atoms with van der Waals surface area (Å²) < 4.78 is 44.0. The number of hydrogen-bond acceptors (Lipinski definition) is 3. The maximum absolute atomic E-state index is 13.1. The Hall–Kier alpha value is -2.85. The van der Waals surface area contributed by atoms with E-state index in [2.05, 4.69) is 11.4 Å². The van der Waals surface area contributed by atoms with E-state index < -0.39 is 23.4 Å². The summed E-state index contributed by atoms with van der Waals surface area (Å²) in [6.07, 6.45) is -2.54. The Morgan fingerprint density at radius 2 is 1.74 bits per heavy atom. The van der Waals surface area contributed by atoms with Gasteiger partial charge in [0, 0.05) is 0 Å². The van der Waals surface area contributed by atoms with E-state index in [1.54, 1.807) is 12.1 Å². The van der Waals surface area contributed by atoms with Crippen LogP contribution in [0, 0.1) is 17.2 Å². The molecule has 31 heavy (non-hydrogen) atoms. The molecule has 1 atom stereocenters. The number of benzene rings is 2. The van der Waals surface area contributed by atoms with Crippen LogP contribution in [0.3, 0.4) is 0 Å². The summed E-state index contributed by atoms with van der Waals surface area (Å²) in [5, 5.41) is 12.1. The second-order valence-electron chi connectivity index (χ2n) is 8.28. The smallest absolute Gasteiger partial charge is 0.363 e. The van der Waals surface area contributed by atoms with Gasteiger partial charge in [0.1, 0.15) is 6.10 Å². The third-order valence-electron chi connectivity index (χ3n) is 5.71. The third-order valence-corrected chi connectivity index (χ3v) is 5.71. The van der Waals surface area contributed by atoms with Gasteiger partial charge in [0.05, 0.1) is 29.3 Å². The van der Waals surface area contributed by atoms with Gasteiger partial charge in [0.25, 0.3) is 0 Å². The first kappa shape index (κ1) is 22.8. The van der Waals surface area contributed by atoms with Crippen LogP contribution in [-0.4, -0.2) is 12.0 Å². The fourth-order valence-corrected chi connectivity index (χ4v) is 3.73. The number of alkyl halides is 3. The number of rotatable bonds is 7. The van der Waals surface area contributed by atoms with Gasteiger partial charge in [-0.05, 0) is 60.6 Å². The van der Waals surface area contributed by atoms with Gasteiger partial charge in [-0.25, -0.2) is 0 Å². The fraction of sp³-hybridized carbons (Fsp3) is 0.417. The first-order valence-electron chi connectivity index (χ1n) is 10.2. The van der Waals surface area contributed by atoms with E-state index >= 15 is 0 Å². The topological polar surface area (TPSA) is 62.1 Å². The van der Waals surface area contributed by atoms with Crippen LogP contribution in [0.25, 0.3) is 0 Å². The number of carbonyl (C=O) groups is 1. The molecule has 0 aliphatic heterocycles. The number of ether oxygens (including phenoxy) is 1. The molecule has 2 aromatic carbocycles. The van der Waals surface area contributed by atoms with Gasteiger partial charge in [0.15, 0.2) is 0 Å². The minimum atomic E-state index is -4.39. The SMILES string of the molecule is CC(C)[C@@H](OCc1ccc(C(F)(F)F)cc1)C(=O)NC1(c2ccc(C#N)cc2)CCC1. The second kappa shape index (κ2) is 9.11. The Labute approximate surface area is 180 Å². The zero-order valence-corrected chi connectivity index (χ0v) is 17.5. The number of nitrogens with one attached hydrogen (secondary N) is 1. The van der Waals surface area contributed by atoms with Gasteiger partial charge in [-0.2, -0.15) is 18.4 Å². The standard InChI is InChI=1S/C24H25F3N2O2/c1-16(2)21(31-15-18-6-10-20(11-7-18)24(25,26)27)22(30)29-23(12-3-13-23)19-8-4-17(14-28)5-9-19/h4-11,16,21H,3,12-13,15H2,1-2H3,(H,29,30)/t21-/m1/s1. The van der Waals surface area contributed by atoms with Crippen molar-refractivity contribution in [3.05, 3.63) is 70.8 Å². The molecular weight excluding hydrogens is 405 g/mol. The fourth-order valence-electron chi connectivity index (χ4n) is 3.73. The van der Waals surface area contributed by atoms with Gasteiger partial charge in [-0.3, -0.25) is 4.79 Å². The van der Waals surface area contributed by atoms with E-state index in [0.717, 1.165) is 37.0 Å². The summed E-state index contributed by atoms with van der Waals surface area (Å²) in [5.74, 6) is -0.362. The van der Waals surface area contributed by atoms with E-state index in [0.29, 0.717) is 11.1 Å². The van der Waals surface area contributed by atoms with Crippen LogP contribution in [0.4, 0.5) is 13.2 Å². The summed E-state index contributed by atoms with van der Waals surface area (Å²) in [5.41, 5.74) is 0.886. The molecule has 1 saturated carbocycles. The normalized spacial score (nSPS) is 16.3. The molecule has 1 N–H and O–H groups in total. The molecule has 3 rings (SSSR count). The van der Waals surface area contributed by atoms with Crippen LogP contribution in [-0.2, 0) is 27.9 Å². The molecule has 1 fully saturated rings. The number of halogens is 3. The highest BCUT2D eigenvalue weighted by Crippen LogP contribution is 2.41. The molecule has 0 saturated heterocycles. The van der Waals surface area contributed by atoms with E-state index in [4.69, 9.17) is 10.00 Å². The molecule has 0 radical (unpaired) electrons. The zero-order chi connectivity index (χ0) is 22.6.